The fraction of sp³-hybridized carbons (Fsp3) is 0.0500. The van der Waals surface area contributed by atoms with Gasteiger partial charge >= 0.3 is 5.97 Å². The van der Waals surface area contributed by atoms with Gasteiger partial charge in [-0.25, -0.2) is 4.98 Å². The molecule has 1 heterocycles. The molecule has 0 fully saturated rings. The van der Waals surface area contributed by atoms with Gasteiger partial charge in [0, 0.05) is 5.39 Å². The summed E-state index contributed by atoms with van der Waals surface area (Å²) in [7, 11) is 0. The summed E-state index contributed by atoms with van der Waals surface area (Å²) in [4.78, 5) is 28.8. The predicted molar refractivity (Wildman–Crippen MR) is 103 cm³/mol. The van der Waals surface area contributed by atoms with E-state index in [-0.39, 0.29) is 11.3 Å². The summed E-state index contributed by atoms with van der Waals surface area (Å²) in [6.45, 7) is 0. The number of carbonyl (C=O) groups is 1. The standard InChI is InChI=1S/C20H14N2O3S/c23-18(24)12-26-20-21-16-10-4-3-9-15(16)19(25)22(20)17-11-5-7-13-6-1-2-8-14(13)17/h1-11H,12H2,(H,23,24). The third-order valence-electron chi connectivity index (χ3n) is 4.08. The largest absolute Gasteiger partial charge is 0.481 e. The van der Waals surface area contributed by atoms with Gasteiger partial charge in [0.05, 0.1) is 22.3 Å². The molecular formula is C20H14N2O3S. The van der Waals surface area contributed by atoms with Crippen LogP contribution in [0.2, 0.25) is 0 Å². The first kappa shape index (κ1) is 16.4. The Bertz CT molecular complexity index is 1200. The molecule has 3 aromatic carbocycles. The predicted octanol–water partition coefficient (Wildman–Crippen LogP) is 3.72. The second-order valence-electron chi connectivity index (χ2n) is 5.73. The molecule has 0 radical (unpaired) electrons. The number of hydrogen-bond acceptors (Lipinski definition) is 4. The average Bonchev–Trinajstić information content (AvgIpc) is 2.66. The van der Waals surface area contributed by atoms with Crippen molar-refractivity contribution in [1.82, 2.24) is 9.55 Å². The molecule has 6 heteroatoms. The summed E-state index contributed by atoms with van der Waals surface area (Å²) < 4.78 is 1.51. The zero-order valence-corrected chi connectivity index (χ0v) is 14.4. The second-order valence-corrected chi connectivity index (χ2v) is 6.68. The molecule has 0 amide bonds. The lowest BCUT2D eigenvalue weighted by Gasteiger charge is -2.14. The molecule has 0 atom stereocenters. The van der Waals surface area contributed by atoms with Gasteiger partial charge in [0.15, 0.2) is 5.16 Å². The van der Waals surface area contributed by atoms with E-state index in [0.717, 1.165) is 22.5 Å². The van der Waals surface area contributed by atoms with Gasteiger partial charge in [0.1, 0.15) is 0 Å². The smallest absolute Gasteiger partial charge is 0.313 e. The fourth-order valence-electron chi connectivity index (χ4n) is 2.95. The van der Waals surface area contributed by atoms with Crippen LogP contribution in [0.5, 0.6) is 0 Å². The molecule has 5 nitrogen and oxygen atoms in total. The first-order valence-corrected chi connectivity index (χ1v) is 8.98. The minimum Gasteiger partial charge on any atom is -0.481 e. The summed E-state index contributed by atoms with van der Waals surface area (Å²) in [6, 6.07) is 20.6. The van der Waals surface area contributed by atoms with E-state index >= 15 is 0 Å². The van der Waals surface area contributed by atoms with E-state index in [2.05, 4.69) is 4.98 Å². The molecule has 26 heavy (non-hydrogen) atoms. The van der Waals surface area contributed by atoms with Gasteiger partial charge in [-0.15, -0.1) is 0 Å². The second kappa shape index (κ2) is 6.65. The third kappa shape index (κ3) is 2.84. The Labute approximate surface area is 152 Å². The highest BCUT2D eigenvalue weighted by atomic mass is 32.2. The summed E-state index contributed by atoms with van der Waals surface area (Å²) in [5.41, 5.74) is 1.04. The zero-order valence-electron chi connectivity index (χ0n) is 13.6. The van der Waals surface area contributed by atoms with Crippen molar-refractivity contribution in [3.05, 3.63) is 77.1 Å². The quantitative estimate of drug-likeness (QED) is 0.442. The lowest BCUT2D eigenvalue weighted by atomic mass is 10.1. The van der Waals surface area contributed by atoms with Crippen LogP contribution in [-0.4, -0.2) is 26.4 Å². The van der Waals surface area contributed by atoms with E-state index < -0.39 is 5.97 Å². The van der Waals surface area contributed by atoms with Crippen molar-refractivity contribution in [1.29, 1.82) is 0 Å². The molecule has 1 aromatic heterocycles. The van der Waals surface area contributed by atoms with E-state index in [1.807, 2.05) is 48.5 Å². The van der Waals surface area contributed by atoms with E-state index in [0.29, 0.717) is 21.7 Å². The molecule has 0 aliphatic rings. The number of benzene rings is 3. The summed E-state index contributed by atoms with van der Waals surface area (Å²) in [5, 5.41) is 11.8. The topological polar surface area (TPSA) is 72.2 Å². The Morgan fingerprint density at radius 1 is 0.962 bits per heavy atom. The summed E-state index contributed by atoms with van der Waals surface area (Å²) >= 11 is 1.04. The third-order valence-corrected chi connectivity index (χ3v) is 5.00. The van der Waals surface area contributed by atoms with Crippen molar-refractivity contribution in [2.75, 3.05) is 5.75 Å². The Balaban J connectivity index is 2.06. The maximum atomic E-state index is 13.2. The van der Waals surface area contributed by atoms with Crippen molar-refractivity contribution in [2.45, 2.75) is 5.16 Å². The Morgan fingerprint density at radius 2 is 1.65 bits per heavy atom. The number of thioether (sulfide) groups is 1. The molecular weight excluding hydrogens is 348 g/mol. The number of carboxylic acids is 1. The molecule has 0 aliphatic heterocycles. The number of carboxylic acid groups (broad SMARTS) is 1. The van der Waals surface area contributed by atoms with E-state index in [9.17, 15) is 9.59 Å². The number of aliphatic carboxylic acids is 1. The molecule has 0 unspecified atom stereocenters. The zero-order chi connectivity index (χ0) is 18.1. The van der Waals surface area contributed by atoms with Gasteiger partial charge in [-0.3, -0.25) is 14.2 Å². The molecule has 128 valence electrons. The van der Waals surface area contributed by atoms with E-state index in [1.165, 1.54) is 4.57 Å². The van der Waals surface area contributed by atoms with E-state index in [4.69, 9.17) is 5.11 Å². The highest BCUT2D eigenvalue weighted by molar-refractivity contribution is 7.99. The Kier molecular flexibility index (Phi) is 4.18. The van der Waals surface area contributed by atoms with Gasteiger partial charge < -0.3 is 5.11 Å². The minimum atomic E-state index is -0.957. The van der Waals surface area contributed by atoms with Gasteiger partial charge in [-0.2, -0.15) is 0 Å². The first-order chi connectivity index (χ1) is 12.6. The number of fused-ring (bicyclic) bond motifs is 2. The Hall–Kier alpha value is -3.12. The number of hydrogen-bond donors (Lipinski definition) is 1. The Morgan fingerprint density at radius 3 is 2.46 bits per heavy atom. The molecule has 0 saturated heterocycles. The van der Waals surface area contributed by atoms with E-state index in [1.54, 1.807) is 18.2 Å². The molecule has 4 aromatic rings. The highest BCUT2D eigenvalue weighted by Gasteiger charge is 2.16. The highest BCUT2D eigenvalue weighted by Crippen LogP contribution is 2.26. The van der Waals surface area contributed by atoms with Crippen LogP contribution in [0.4, 0.5) is 0 Å². The van der Waals surface area contributed by atoms with Gasteiger partial charge in [-0.1, -0.05) is 60.3 Å². The summed E-state index contributed by atoms with van der Waals surface area (Å²) in [5.74, 6) is -1.13. The van der Waals surface area contributed by atoms with Crippen molar-refractivity contribution in [3.63, 3.8) is 0 Å². The molecule has 0 bridgehead atoms. The van der Waals surface area contributed by atoms with Crippen LogP contribution in [0.25, 0.3) is 27.4 Å². The number of rotatable bonds is 4. The average molecular weight is 362 g/mol. The maximum absolute atomic E-state index is 13.2. The molecule has 1 N–H and O–H groups in total. The lowest BCUT2D eigenvalue weighted by molar-refractivity contribution is -0.133. The fourth-order valence-corrected chi connectivity index (χ4v) is 3.68. The van der Waals surface area contributed by atoms with Gasteiger partial charge in [0.25, 0.3) is 5.56 Å². The van der Waals surface area contributed by atoms with Gasteiger partial charge in [-0.05, 0) is 23.6 Å². The molecule has 4 rings (SSSR count). The van der Waals surface area contributed by atoms with Crippen molar-refractivity contribution >= 4 is 39.4 Å². The van der Waals surface area contributed by atoms with Gasteiger partial charge in [0.2, 0.25) is 0 Å². The lowest BCUT2D eigenvalue weighted by Crippen LogP contribution is -2.22. The monoisotopic (exact) mass is 362 g/mol. The maximum Gasteiger partial charge on any atom is 0.313 e. The van der Waals surface area contributed by atoms with Crippen LogP contribution >= 0.6 is 11.8 Å². The van der Waals surface area contributed by atoms with Crippen LogP contribution in [0, 0.1) is 0 Å². The molecule has 0 aliphatic carbocycles. The van der Waals surface area contributed by atoms with Crippen LogP contribution < -0.4 is 5.56 Å². The van der Waals surface area contributed by atoms with Crippen LogP contribution in [0.3, 0.4) is 0 Å². The van der Waals surface area contributed by atoms with Crippen LogP contribution in [0.1, 0.15) is 0 Å². The SMILES string of the molecule is O=C(O)CSc1nc2ccccc2c(=O)n1-c1cccc2ccccc12. The van der Waals surface area contributed by atoms with Crippen LogP contribution in [-0.2, 0) is 4.79 Å². The molecule has 0 spiro atoms. The summed E-state index contributed by atoms with van der Waals surface area (Å²) in [6.07, 6.45) is 0. The first-order valence-electron chi connectivity index (χ1n) is 7.99. The number of aromatic nitrogens is 2. The molecule has 0 saturated carbocycles. The van der Waals surface area contributed by atoms with Crippen molar-refractivity contribution in [3.8, 4) is 5.69 Å². The number of nitrogens with zero attached hydrogens (tertiary/aromatic N) is 2. The minimum absolute atomic E-state index is 0.171. The van der Waals surface area contributed by atoms with Crippen molar-refractivity contribution in [2.24, 2.45) is 0 Å². The van der Waals surface area contributed by atoms with Crippen LogP contribution in [0.15, 0.2) is 76.7 Å². The number of para-hydroxylation sites is 1. The van der Waals surface area contributed by atoms with Crippen molar-refractivity contribution < 1.29 is 9.90 Å². The normalized spacial score (nSPS) is 11.1.